The number of rotatable bonds is 6. The summed E-state index contributed by atoms with van der Waals surface area (Å²) in [6.45, 7) is 10.4. The smallest absolute Gasteiger partial charge is 0.00663 e. The van der Waals surface area contributed by atoms with Crippen LogP contribution in [0.25, 0.3) is 0 Å². The summed E-state index contributed by atoms with van der Waals surface area (Å²) in [6, 6.07) is 0.747. The summed E-state index contributed by atoms with van der Waals surface area (Å²) in [6.07, 6.45) is 4.05. The Bertz CT molecular complexity index is 101. The summed E-state index contributed by atoms with van der Waals surface area (Å²) in [5.41, 5.74) is 0. The number of nitrogens with zero attached hydrogens (tertiary/aromatic N) is 1. The van der Waals surface area contributed by atoms with Gasteiger partial charge in [0.15, 0.2) is 0 Å². The van der Waals surface area contributed by atoms with Crippen molar-refractivity contribution in [3.8, 4) is 0 Å². The zero-order valence-electron chi connectivity index (χ0n) is 9.43. The van der Waals surface area contributed by atoms with E-state index in [9.17, 15) is 0 Å². The van der Waals surface area contributed by atoms with Gasteiger partial charge in [0.2, 0.25) is 0 Å². The first-order valence-corrected chi connectivity index (χ1v) is 5.32. The predicted molar refractivity (Wildman–Crippen MR) is 56.5 cm³/mol. The van der Waals surface area contributed by atoms with E-state index < -0.39 is 0 Å². The minimum Gasteiger partial charge on any atom is -0.304 e. The lowest BCUT2D eigenvalue weighted by molar-refractivity contribution is 0.230. The van der Waals surface area contributed by atoms with Crippen molar-refractivity contribution in [3.05, 3.63) is 0 Å². The molecule has 1 heteroatoms. The fourth-order valence-electron chi connectivity index (χ4n) is 1.68. The minimum absolute atomic E-state index is 0.747. The van der Waals surface area contributed by atoms with E-state index in [0.717, 1.165) is 12.0 Å². The Morgan fingerprint density at radius 3 is 2.17 bits per heavy atom. The van der Waals surface area contributed by atoms with Gasteiger partial charge in [-0.1, -0.05) is 33.6 Å². The molecule has 0 saturated carbocycles. The fourth-order valence-corrected chi connectivity index (χ4v) is 1.68. The third-order valence-corrected chi connectivity index (χ3v) is 2.78. The average Bonchev–Trinajstić information content (AvgIpc) is 2.03. The standard InChI is InChI=1S/C11H25N/c1-6-8-10(3)9-11(4)12(5)7-2/h10-11H,6-9H2,1-5H3. The summed E-state index contributed by atoms with van der Waals surface area (Å²) < 4.78 is 0. The first-order chi connectivity index (χ1) is 5.61. The highest BCUT2D eigenvalue weighted by Crippen LogP contribution is 2.14. The molecule has 0 spiro atoms. The molecule has 0 aromatic carbocycles. The molecule has 2 atom stereocenters. The molecule has 0 saturated heterocycles. The molecule has 2 unspecified atom stereocenters. The Kier molecular flexibility index (Phi) is 6.45. The van der Waals surface area contributed by atoms with Gasteiger partial charge in [-0.05, 0) is 32.9 Å². The third-order valence-electron chi connectivity index (χ3n) is 2.78. The van der Waals surface area contributed by atoms with Gasteiger partial charge in [0.1, 0.15) is 0 Å². The molecular formula is C11H25N. The summed E-state index contributed by atoms with van der Waals surface area (Å²) in [5, 5.41) is 0. The van der Waals surface area contributed by atoms with E-state index in [1.54, 1.807) is 0 Å². The number of hydrogen-bond acceptors (Lipinski definition) is 1. The Balaban J connectivity index is 3.59. The molecule has 12 heavy (non-hydrogen) atoms. The largest absolute Gasteiger partial charge is 0.304 e. The van der Waals surface area contributed by atoms with Crippen molar-refractivity contribution in [1.82, 2.24) is 4.90 Å². The first kappa shape index (κ1) is 12.0. The molecule has 0 bridgehead atoms. The van der Waals surface area contributed by atoms with Gasteiger partial charge < -0.3 is 4.90 Å². The van der Waals surface area contributed by atoms with Crippen LogP contribution in [0.5, 0.6) is 0 Å². The maximum atomic E-state index is 2.42. The van der Waals surface area contributed by atoms with Crippen LogP contribution in [0, 0.1) is 5.92 Å². The molecule has 1 nitrogen and oxygen atoms in total. The fraction of sp³-hybridized carbons (Fsp3) is 1.00. The highest BCUT2D eigenvalue weighted by molar-refractivity contribution is 4.65. The molecule has 0 radical (unpaired) electrons. The van der Waals surface area contributed by atoms with Crippen molar-refractivity contribution >= 4 is 0 Å². The highest BCUT2D eigenvalue weighted by atomic mass is 15.1. The molecule has 0 aliphatic heterocycles. The minimum atomic E-state index is 0.747. The Morgan fingerprint density at radius 1 is 1.17 bits per heavy atom. The molecule has 0 fully saturated rings. The van der Waals surface area contributed by atoms with Crippen molar-refractivity contribution < 1.29 is 0 Å². The van der Waals surface area contributed by atoms with Gasteiger partial charge in [0, 0.05) is 6.04 Å². The van der Waals surface area contributed by atoms with E-state index in [1.807, 2.05) is 0 Å². The molecule has 0 amide bonds. The van der Waals surface area contributed by atoms with Crippen LogP contribution in [0.1, 0.15) is 47.0 Å². The van der Waals surface area contributed by atoms with Crippen LogP contribution < -0.4 is 0 Å². The van der Waals surface area contributed by atoms with Gasteiger partial charge in [-0.15, -0.1) is 0 Å². The van der Waals surface area contributed by atoms with Crippen LogP contribution in [0.2, 0.25) is 0 Å². The normalized spacial score (nSPS) is 16.5. The van der Waals surface area contributed by atoms with Gasteiger partial charge in [-0.25, -0.2) is 0 Å². The summed E-state index contributed by atoms with van der Waals surface area (Å²) in [4.78, 5) is 2.42. The lowest BCUT2D eigenvalue weighted by atomic mass is 9.97. The van der Waals surface area contributed by atoms with Gasteiger partial charge in [0.05, 0.1) is 0 Å². The van der Waals surface area contributed by atoms with E-state index in [-0.39, 0.29) is 0 Å². The van der Waals surface area contributed by atoms with Crippen LogP contribution in [0.15, 0.2) is 0 Å². The second-order valence-electron chi connectivity index (χ2n) is 4.05. The monoisotopic (exact) mass is 171 g/mol. The van der Waals surface area contributed by atoms with Crippen molar-refractivity contribution in [2.45, 2.75) is 53.0 Å². The Labute approximate surface area is 78.1 Å². The summed E-state index contributed by atoms with van der Waals surface area (Å²) >= 11 is 0. The van der Waals surface area contributed by atoms with Gasteiger partial charge in [-0.3, -0.25) is 0 Å². The van der Waals surface area contributed by atoms with Crippen LogP contribution in [0.3, 0.4) is 0 Å². The maximum absolute atomic E-state index is 2.42. The van der Waals surface area contributed by atoms with Crippen molar-refractivity contribution in [2.75, 3.05) is 13.6 Å². The van der Waals surface area contributed by atoms with Crippen molar-refractivity contribution in [3.63, 3.8) is 0 Å². The molecule has 0 aliphatic rings. The zero-order valence-corrected chi connectivity index (χ0v) is 9.43. The maximum Gasteiger partial charge on any atom is 0.00663 e. The van der Waals surface area contributed by atoms with Crippen molar-refractivity contribution in [1.29, 1.82) is 0 Å². The van der Waals surface area contributed by atoms with E-state index in [4.69, 9.17) is 0 Å². The van der Waals surface area contributed by atoms with Crippen LogP contribution >= 0.6 is 0 Å². The molecule has 0 rings (SSSR count). The Morgan fingerprint density at radius 2 is 1.75 bits per heavy atom. The van der Waals surface area contributed by atoms with Crippen molar-refractivity contribution in [2.24, 2.45) is 5.92 Å². The van der Waals surface area contributed by atoms with Gasteiger partial charge in [0.25, 0.3) is 0 Å². The first-order valence-electron chi connectivity index (χ1n) is 5.32. The van der Waals surface area contributed by atoms with E-state index >= 15 is 0 Å². The quantitative estimate of drug-likeness (QED) is 0.593. The lowest BCUT2D eigenvalue weighted by Gasteiger charge is -2.25. The summed E-state index contributed by atoms with van der Waals surface area (Å²) in [7, 11) is 2.21. The molecular weight excluding hydrogens is 146 g/mol. The summed E-state index contributed by atoms with van der Waals surface area (Å²) in [5.74, 6) is 0.888. The SMILES string of the molecule is CCCC(C)CC(C)N(C)CC. The second-order valence-corrected chi connectivity index (χ2v) is 4.05. The molecule has 0 N–H and O–H groups in total. The number of hydrogen-bond donors (Lipinski definition) is 0. The van der Waals surface area contributed by atoms with E-state index in [1.165, 1.54) is 25.8 Å². The highest BCUT2D eigenvalue weighted by Gasteiger charge is 2.10. The van der Waals surface area contributed by atoms with Crippen LogP contribution in [-0.4, -0.2) is 24.5 Å². The molecule has 0 aromatic rings. The molecule has 74 valence electrons. The van der Waals surface area contributed by atoms with Crippen LogP contribution in [-0.2, 0) is 0 Å². The van der Waals surface area contributed by atoms with Crippen LogP contribution in [0.4, 0.5) is 0 Å². The zero-order chi connectivity index (χ0) is 9.56. The second kappa shape index (κ2) is 6.47. The topological polar surface area (TPSA) is 3.24 Å². The van der Waals surface area contributed by atoms with E-state index in [0.29, 0.717) is 0 Å². The van der Waals surface area contributed by atoms with Gasteiger partial charge in [-0.2, -0.15) is 0 Å². The molecule has 0 aromatic heterocycles. The lowest BCUT2D eigenvalue weighted by Crippen LogP contribution is -2.30. The van der Waals surface area contributed by atoms with Gasteiger partial charge >= 0.3 is 0 Å². The average molecular weight is 171 g/mol. The molecule has 0 heterocycles. The molecule has 0 aliphatic carbocycles. The predicted octanol–water partition coefficient (Wildman–Crippen LogP) is 3.15. The third kappa shape index (κ3) is 4.76. The Hall–Kier alpha value is -0.0400. The van der Waals surface area contributed by atoms with E-state index in [2.05, 4.69) is 39.6 Å².